The third kappa shape index (κ3) is 4.39. The number of halogens is 2. The quantitative estimate of drug-likeness (QED) is 0.832. The highest BCUT2D eigenvalue weighted by Crippen LogP contribution is 2.16. The van der Waals surface area contributed by atoms with Gasteiger partial charge in [0.2, 0.25) is 10.0 Å². The first kappa shape index (κ1) is 15.8. The smallest absolute Gasteiger partial charge is 0.252 e. The molecule has 0 fully saturated rings. The molecule has 8 heteroatoms. The Labute approximate surface area is 111 Å². The van der Waals surface area contributed by atoms with Gasteiger partial charge in [0.25, 0.3) is 6.43 Å². The molecule has 0 aromatic carbocycles. The van der Waals surface area contributed by atoms with Gasteiger partial charge in [0.05, 0.1) is 6.54 Å². The molecule has 0 aliphatic heterocycles. The van der Waals surface area contributed by atoms with Crippen LogP contribution in [0.15, 0.2) is 23.2 Å². The van der Waals surface area contributed by atoms with Crippen LogP contribution in [0, 0.1) is 0 Å². The summed E-state index contributed by atoms with van der Waals surface area (Å²) in [7, 11) is -2.79. The van der Waals surface area contributed by atoms with Crippen molar-refractivity contribution < 1.29 is 17.2 Å². The van der Waals surface area contributed by atoms with Crippen LogP contribution in [0.5, 0.6) is 0 Å². The van der Waals surface area contributed by atoms with Crippen LogP contribution in [-0.2, 0) is 10.0 Å². The van der Waals surface area contributed by atoms with Crippen molar-refractivity contribution in [2.24, 2.45) is 0 Å². The highest BCUT2D eigenvalue weighted by atomic mass is 32.2. The van der Waals surface area contributed by atoms with Crippen molar-refractivity contribution in [2.75, 3.05) is 25.5 Å². The first-order chi connectivity index (χ1) is 8.87. The van der Waals surface area contributed by atoms with Gasteiger partial charge in [0.1, 0.15) is 10.7 Å². The van der Waals surface area contributed by atoms with Gasteiger partial charge in [0.15, 0.2) is 0 Å². The van der Waals surface area contributed by atoms with E-state index in [1.807, 2.05) is 6.92 Å². The summed E-state index contributed by atoms with van der Waals surface area (Å²) in [6, 6.07) is 2.86. The number of nitrogens with one attached hydrogen (secondary N) is 1. The van der Waals surface area contributed by atoms with Gasteiger partial charge < -0.3 is 5.32 Å². The van der Waals surface area contributed by atoms with Crippen molar-refractivity contribution in [1.29, 1.82) is 0 Å². The number of rotatable bonds is 7. The fraction of sp³-hybridized carbons (Fsp3) is 0.545. The average Bonchev–Trinajstić information content (AvgIpc) is 2.36. The standard InChI is InChI=1S/C11H17F2N3O2S/c1-3-6-14-11-5-4-9(7-15-11)19(17,18)16(2)8-10(12)13/h4-5,7,10H,3,6,8H2,1-2H3,(H,14,15). The average molecular weight is 293 g/mol. The van der Waals surface area contributed by atoms with Crippen LogP contribution < -0.4 is 5.32 Å². The third-order valence-corrected chi connectivity index (χ3v) is 4.20. The Hall–Kier alpha value is -1.28. The van der Waals surface area contributed by atoms with Gasteiger partial charge in [-0.3, -0.25) is 0 Å². The SMILES string of the molecule is CCCNc1ccc(S(=O)(=O)N(C)CC(F)F)cn1. The molecule has 0 saturated heterocycles. The molecular weight excluding hydrogens is 276 g/mol. The molecule has 0 unspecified atom stereocenters. The van der Waals surface area contributed by atoms with E-state index in [9.17, 15) is 17.2 Å². The molecule has 0 saturated carbocycles. The summed E-state index contributed by atoms with van der Waals surface area (Å²) >= 11 is 0. The van der Waals surface area contributed by atoms with Gasteiger partial charge in [-0.25, -0.2) is 22.2 Å². The second-order valence-corrected chi connectivity index (χ2v) is 6.03. The Morgan fingerprint density at radius 3 is 2.58 bits per heavy atom. The Kier molecular flexibility index (Phi) is 5.61. The molecule has 0 aliphatic rings. The van der Waals surface area contributed by atoms with Gasteiger partial charge in [0, 0.05) is 19.8 Å². The van der Waals surface area contributed by atoms with Crippen LogP contribution in [0.3, 0.4) is 0 Å². The predicted octanol–water partition coefficient (Wildman–Crippen LogP) is 1.79. The van der Waals surface area contributed by atoms with E-state index in [0.717, 1.165) is 26.2 Å². The molecule has 5 nitrogen and oxygen atoms in total. The van der Waals surface area contributed by atoms with Crippen LogP contribution in [0.2, 0.25) is 0 Å². The Morgan fingerprint density at radius 2 is 2.11 bits per heavy atom. The molecule has 0 bridgehead atoms. The number of anilines is 1. The van der Waals surface area contributed by atoms with Gasteiger partial charge in [-0.2, -0.15) is 4.31 Å². The van der Waals surface area contributed by atoms with E-state index in [1.165, 1.54) is 12.1 Å². The second-order valence-electron chi connectivity index (χ2n) is 3.98. The number of nitrogens with zero attached hydrogens (tertiary/aromatic N) is 2. The minimum absolute atomic E-state index is 0.0994. The monoisotopic (exact) mass is 293 g/mol. The van der Waals surface area contributed by atoms with E-state index in [-0.39, 0.29) is 4.90 Å². The lowest BCUT2D eigenvalue weighted by atomic mass is 10.4. The minimum Gasteiger partial charge on any atom is -0.370 e. The van der Waals surface area contributed by atoms with E-state index in [0.29, 0.717) is 10.1 Å². The van der Waals surface area contributed by atoms with Gasteiger partial charge in [-0.05, 0) is 18.6 Å². The summed E-state index contributed by atoms with van der Waals surface area (Å²) < 4.78 is 48.9. The number of alkyl halides is 2. The van der Waals surface area contributed by atoms with Crippen molar-refractivity contribution >= 4 is 15.8 Å². The summed E-state index contributed by atoms with van der Waals surface area (Å²) in [6.45, 7) is 1.88. The van der Waals surface area contributed by atoms with Gasteiger partial charge in [-0.15, -0.1) is 0 Å². The third-order valence-electron chi connectivity index (χ3n) is 2.40. The first-order valence-corrected chi connectivity index (χ1v) is 7.26. The fourth-order valence-corrected chi connectivity index (χ4v) is 2.46. The topological polar surface area (TPSA) is 62.3 Å². The zero-order chi connectivity index (χ0) is 14.5. The minimum atomic E-state index is -3.91. The first-order valence-electron chi connectivity index (χ1n) is 5.82. The Balaban J connectivity index is 2.84. The molecule has 1 heterocycles. The highest BCUT2D eigenvalue weighted by molar-refractivity contribution is 7.89. The van der Waals surface area contributed by atoms with Crippen molar-refractivity contribution in [3.63, 3.8) is 0 Å². The van der Waals surface area contributed by atoms with Crippen molar-refractivity contribution in [1.82, 2.24) is 9.29 Å². The van der Waals surface area contributed by atoms with Gasteiger partial charge >= 0.3 is 0 Å². The molecule has 0 amide bonds. The molecule has 108 valence electrons. The molecule has 1 rings (SSSR count). The molecule has 1 N–H and O–H groups in total. The van der Waals surface area contributed by atoms with E-state index >= 15 is 0 Å². The summed E-state index contributed by atoms with van der Waals surface area (Å²) in [4.78, 5) is 3.84. The largest absolute Gasteiger partial charge is 0.370 e. The predicted molar refractivity (Wildman–Crippen MR) is 68.8 cm³/mol. The van der Waals surface area contributed by atoms with Crippen molar-refractivity contribution in [2.45, 2.75) is 24.7 Å². The van der Waals surface area contributed by atoms with Crippen LogP contribution in [0.1, 0.15) is 13.3 Å². The molecule has 0 aliphatic carbocycles. The maximum absolute atomic E-state index is 12.2. The fourth-order valence-electron chi connectivity index (χ4n) is 1.36. The Bertz CT molecular complexity index is 491. The number of hydrogen-bond acceptors (Lipinski definition) is 4. The zero-order valence-corrected chi connectivity index (χ0v) is 11.6. The molecule has 0 atom stereocenters. The van der Waals surface area contributed by atoms with E-state index < -0.39 is 23.0 Å². The number of sulfonamides is 1. The maximum Gasteiger partial charge on any atom is 0.252 e. The lowest BCUT2D eigenvalue weighted by Crippen LogP contribution is -2.31. The summed E-state index contributed by atoms with van der Waals surface area (Å²) in [5.74, 6) is 0.553. The van der Waals surface area contributed by atoms with Crippen LogP contribution in [0.25, 0.3) is 0 Å². The number of hydrogen-bond donors (Lipinski definition) is 1. The number of aromatic nitrogens is 1. The summed E-state index contributed by atoms with van der Waals surface area (Å²) in [6.07, 6.45) is -0.632. The maximum atomic E-state index is 12.2. The molecule has 1 aromatic rings. The van der Waals surface area contributed by atoms with Crippen molar-refractivity contribution in [3.05, 3.63) is 18.3 Å². The van der Waals surface area contributed by atoms with E-state index in [2.05, 4.69) is 10.3 Å². The molecular formula is C11H17F2N3O2S. The lowest BCUT2D eigenvalue weighted by Gasteiger charge is -2.16. The zero-order valence-electron chi connectivity index (χ0n) is 10.8. The normalized spacial score (nSPS) is 12.1. The highest BCUT2D eigenvalue weighted by Gasteiger charge is 2.23. The second kappa shape index (κ2) is 6.76. The van der Waals surface area contributed by atoms with Crippen LogP contribution >= 0.6 is 0 Å². The molecule has 19 heavy (non-hydrogen) atoms. The van der Waals surface area contributed by atoms with Crippen LogP contribution in [-0.4, -0.2) is 44.3 Å². The van der Waals surface area contributed by atoms with E-state index in [1.54, 1.807) is 0 Å². The van der Waals surface area contributed by atoms with Crippen molar-refractivity contribution in [3.8, 4) is 0 Å². The molecule has 1 aromatic heterocycles. The summed E-state index contributed by atoms with van der Waals surface area (Å²) in [5.41, 5.74) is 0. The van der Waals surface area contributed by atoms with Gasteiger partial charge in [-0.1, -0.05) is 6.92 Å². The molecule has 0 spiro atoms. The number of pyridine rings is 1. The lowest BCUT2D eigenvalue weighted by molar-refractivity contribution is 0.126. The summed E-state index contributed by atoms with van der Waals surface area (Å²) in [5, 5.41) is 2.99. The van der Waals surface area contributed by atoms with Crippen LogP contribution in [0.4, 0.5) is 14.6 Å². The molecule has 0 radical (unpaired) electrons. The van der Waals surface area contributed by atoms with E-state index in [4.69, 9.17) is 0 Å². The Morgan fingerprint density at radius 1 is 1.42 bits per heavy atom.